The predicted molar refractivity (Wildman–Crippen MR) is 44.2 cm³/mol. The molecule has 0 amide bonds. The van der Waals surface area contributed by atoms with E-state index in [4.69, 9.17) is 10.2 Å². The summed E-state index contributed by atoms with van der Waals surface area (Å²) in [5.41, 5.74) is -0.283. The van der Waals surface area contributed by atoms with Crippen LogP contribution in [0.2, 0.25) is 0 Å². The normalized spacial score (nSPS) is 19.4. The van der Waals surface area contributed by atoms with Crippen molar-refractivity contribution < 1.29 is 23.8 Å². The number of aliphatic carboxylic acids is 1. The van der Waals surface area contributed by atoms with Gasteiger partial charge in [0.1, 0.15) is 0 Å². The van der Waals surface area contributed by atoms with Crippen molar-refractivity contribution in [2.75, 3.05) is 19.7 Å². The molecule has 0 aromatic rings. The van der Waals surface area contributed by atoms with Crippen molar-refractivity contribution in [3.05, 3.63) is 0 Å². The molecule has 0 spiro atoms. The first-order valence-corrected chi connectivity index (χ1v) is 4.35. The number of alkyl halides is 2. The number of hydrogen-bond donors (Lipinski definition) is 3. The van der Waals surface area contributed by atoms with Gasteiger partial charge in [0.15, 0.2) is 0 Å². The van der Waals surface area contributed by atoms with Gasteiger partial charge >= 0.3 is 11.9 Å². The second-order valence-electron chi connectivity index (χ2n) is 3.77. The van der Waals surface area contributed by atoms with Gasteiger partial charge in [-0.05, 0) is 12.8 Å². The van der Waals surface area contributed by atoms with Crippen LogP contribution in [-0.4, -0.2) is 41.8 Å². The molecule has 6 heteroatoms. The number of hydrogen-bond acceptors (Lipinski definition) is 3. The third kappa shape index (κ3) is 2.62. The summed E-state index contributed by atoms with van der Waals surface area (Å²) in [6.07, 6.45) is 1.60. The summed E-state index contributed by atoms with van der Waals surface area (Å²) in [5.74, 6) is -5.86. The molecule has 82 valence electrons. The summed E-state index contributed by atoms with van der Waals surface area (Å²) in [4.78, 5) is 10.0. The van der Waals surface area contributed by atoms with Gasteiger partial charge in [0, 0.05) is 18.6 Å². The summed E-state index contributed by atoms with van der Waals surface area (Å²) >= 11 is 0. The molecular formula is C8H13F2NO3. The Morgan fingerprint density at radius 2 is 2.07 bits per heavy atom. The fourth-order valence-electron chi connectivity index (χ4n) is 1.13. The van der Waals surface area contributed by atoms with E-state index in [1.807, 2.05) is 0 Å². The highest BCUT2D eigenvalue weighted by molar-refractivity contribution is 5.75. The summed E-state index contributed by atoms with van der Waals surface area (Å²) < 4.78 is 25.0. The van der Waals surface area contributed by atoms with E-state index in [2.05, 4.69) is 5.32 Å². The molecule has 1 fully saturated rings. The Morgan fingerprint density at radius 3 is 2.43 bits per heavy atom. The minimum Gasteiger partial charge on any atom is -0.477 e. The molecule has 4 nitrogen and oxygen atoms in total. The van der Waals surface area contributed by atoms with Gasteiger partial charge in [-0.1, -0.05) is 0 Å². The zero-order valence-corrected chi connectivity index (χ0v) is 7.59. The molecule has 0 radical (unpaired) electrons. The molecule has 0 aromatic carbocycles. The molecule has 1 aliphatic carbocycles. The molecule has 0 heterocycles. The minimum absolute atomic E-state index is 0.0430. The lowest BCUT2D eigenvalue weighted by atomic mass is 10.1. The minimum atomic E-state index is -3.73. The molecule has 0 aliphatic heterocycles. The lowest BCUT2D eigenvalue weighted by Gasteiger charge is -2.15. The third-order valence-corrected chi connectivity index (χ3v) is 2.45. The van der Waals surface area contributed by atoms with Crippen molar-refractivity contribution in [3.63, 3.8) is 0 Å². The zero-order valence-electron chi connectivity index (χ0n) is 7.59. The van der Waals surface area contributed by atoms with Gasteiger partial charge in [0.2, 0.25) is 0 Å². The summed E-state index contributed by atoms with van der Waals surface area (Å²) in [6, 6.07) is 0. The highest BCUT2D eigenvalue weighted by Crippen LogP contribution is 2.44. The van der Waals surface area contributed by atoms with Crippen LogP contribution < -0.4 is 5.32 Å². The molecule has 0 atom stereocenters. The van der Waals surface area contributed by atoms with Crippen LogP contribution in [0, 0.1) is 5.41 Å². The molecule has 14 heavy (non-hydrogen) atoms. The SMILES string of the molecule is O=C(O)C(F)(F)CNCC1(CO)CC1. The number of aliphatic hydroxyl groups is 1. The van der Waals surface area contributed by atoms with E-state index in [0.29, 0.717) is 0 Å². The maximum atomic E-state index is 12.5. The van der Waals surface area contributed by atoms with Crippen molar-refractivity contribution in [2.45, 2.75) is 18.8 Å². The van der Waals surface area contributed by atoms with Crippen LogP contribution in [0.3, 0.4) is 0 Å². The highest BCUT2D eigenvalue weighted by atomic mass is 19.3. The van der Waals surface area contributed by atoms with Crippen molar-refractivity contribution in [1.82, 2.24) is 5.32 Å². The molecule has 0 bridgehead atoms. The van der Waals surface area contributed by atoms with E-state index >= 15 is 0 Å². The predicted octanol–water partition coefficient (Wildman–Crippen LogP) is 0.0684. The average Bonchev–Trinajstić information content (AvgIpc) is 2.85. The standard InChI is InChI=1S/C8H13F2NO3/c9-8(10,6(13)14)4-11-3-7(5-12)1-2-7/h11-12H,1-5H2,(H,13,14). The molecule has 0 aromatic heterocycles. The summed E-state index contributed by atoms with van der Waals surface area (Å²) in [5, 5.41) is 19.3. The van der Waals surface area contributed by atoms with Crippen molar-refractivity contribution in [1.29, 1.82) is 0 Å². The van der Waals surface area contributed by atoms with Gasteiger partial charge in [0.25, 0.3) is 0 Å². The van der Waals surface area contributed by atoms with Crippen LogP contribution in [-0.2, 0) is 4.79 Å². The number of carboxylic acid groups (broad SMARTS) is 1. The molecular weight excluding hydrogens is 196 g/mol. The van der Waals surface area contributed by atoms with Gasteiger partial charge in [-0.2, -0.15) is 8.78 Å². The Bertz CT molecular complexity index is 229. The Hall–Kier alpha value is -0.750. The number of halogens is 2. The smallest absolute Gasteiger partial charge is 0.375 e. The van der Waals surface area contributed by atoms with Crippen LogP contribution in [0.4, 0.5) is 8.78 Å². The number of rotatable bonds is 6. The van der Waals surface area contributed by atoms with E-state index < -0.39 is 18.4 Å². The van der Waals surface area contributed by atoms with Gasteiger partial charge < -0.3 is 15.5 Å². The van der Waals surface area contributed by atoms with Crippen molar-refractivity contribution >= 4 is 5.97 Å². The second-order valence-corrected chi connectivity index (χ2v) is 3.77. The van der Waals surface area contributed by atoms with Crippen LogP contribution in [0.25, 0.3) is 0 Å². The van der Waals surface area contributed by atoms with E-state index in [1.165, 1.54) is 0 Å². The molecule has 0 saturated heterocycles. The van der Waals surface area contributed by atoms with Gasteiger partial charge in [-0.3, -0.25) is 0 Å². The van der Waals surface area contributed by atoms with Gasteiger partial charge in [0.05, 0.1) is 6.54 Å². The maximum Gasteiger partial charge on any atom is 0.375 e. The van der Waals surface area contributed by atoms with Crippen LogP contribution in [0.1, 0.15) is 12.8 Å². The first-order valence-electron chi connectivity index (χ1n) is 4.35. The van der Waals surface area contributed by atoms with Crippen molar-refractivity contribution in [3.8, 4) is 0 Å². The fourth-order valence-corrected chi connectivity index (χ4v) is 1.13. The lowest BCUT2D eigenvalue weighted by Crippen LogP contribution is -2.42. The number of nitrogens with one attached hydrogen (secondary N) is 1. The number of carbonyl (C=O) groups is 1. The average molecular weight is 209 g/mol. The summed E-state index contributed by atoms with van der Waals surface area (Å²) in [6.45, 7) is -0.685. The van der Waals surface area contributed by atoms with E-state index in [0.717, 1.165) is 12.8 Å². The van der Waals surface area contributed by atoms with E-state index in [-0.39, 0.29) is 18.6 Å². The fraction of sp³-hybridized carbons (Fsp3) is 0.875. The largest absolute Gasteiger partial charge is 0.477 e. The first-order chi connectivity index (χ1) is 6.42. The topological polar surface area (TPSA) is 69.6 Å². The molecule has 3 N–H and O–H groups in total. The lowest BCUT2D eigenvalue weighted by molar-refractivity contribution is -0.164. The number of aliphatic hydroxyl groups excluding tert-OH is 1. The van der Waals surface area contributed by atoms with Crippen LogP contribution >= 0.6 is 0 Å². The second kappa shape index (κ2) is 3.78. The Morgan fingerprint density at radius 1 is 1.50 bits per heavy atom. The molecule has 1 saturated carbocycles. The van der Waals surface area contributed by atoms with Gasteiger partial charge in [-0.15, -0.1) is 0 Å². The van der Waals surface area contributed by atoms with E-state index in [9.17, 15) is 13.6 Å². The Labute approximate surface area is 79.9 Å². The molecule has 0 unspecified atom stereocenters. The quantitative estimate of drug-likeness (QED) is 0.579. The monoisotopic (exact) mass is 209 g/mol. The van der Waals surface area contributed by atoms with Crippen LogP contribution in [0.15, 0.2) is 0 Å². The zero-order chi connectivity index (χ0) is 10.8. The molecule has 1 rings (SSSR count). The summed E-state index contributed by atoms with van der Waals surface area (Å²) in [7, 11) is 0. The van der Waals surface area contributed by atoms with Crippen molar-refractivity contribution in [2.24, 2.45) is 5.41 Å². The van der Waals surface area contributed by atoms with Gasteiger partial charge in [-0.25, -0.2) is 4.79 Å². The third-order valence-electron chi connectivity index (χ3n) is 2.45. The molecule has 1 aliphatic rings. The van der Waals surface area contributed by atoms with Crippen LogP contribution in [0.5, 0.6) is 0 Å². The van der Waals surface area contributed by atoms with E-state index in [1.54, 1.807) is 0 Å². The first kappa shape index (κ1) is 11.3. The highest BCUT2D eigenvalue weighted by Gasteiger charge is 2.43. The Kier molecular flexibility index (Phi) is 3.06. The Balaban J connectivity index is 2.24. The number of carboxylic acids is 1. The maximum absolute atomic E-state index is 12.5.